The van der Waals surface area contributed by atoms with Crippen LogP contribution in [0.15, 0.2) is 24.3 Å². The average Bonchev–Trinajstić information content (AvgIpc) is 2.17. The molecule has 0 spiro atoms. The number of nitrogens with one attached hydrogen (secondary N) is 1. The molecule has 0 aliphatic carbocycles. The van der Waals surface area contributed by atoms with Crippen molar-refractivity contribution in [3.05, 3.63) is 29.8 Å². The van der Waals surface area contributed by atoms with E-state index in [4.69, 9.17) is 10.5 Å². The summed E-state index contributed by atoms with van der Waals surface area (Å²) in [6.07, 6.45) is 0.210. The Morgan fingerprint density at radius 3 is 2.93 bits per heavy atom. The number of rotatable bonds is 2. The number of ether oxygens (including phenoxy) is 1. The molecule has 1 aliphatic heterocycles. The fraction of sp³-hybridized carbons (Fsp3) is 0.364. The van der Waals surface area contributed by atoms with E-state index in [1.807, 2.05) is 31.2 Å². The second kappa shape index (κ2) is 3.55. The van der Waals surface area contributed by atoms with Gasteiger partial charge in [0.2, 0.25) is 0 Å². The van der Waals surface area contributed by atoms with Crippen LogP contribution in [0.25, 0.3) is 0 Å². The predicted molar refractivity (Wildman–Crippen MR) is 57.6 cm³/mol. The first-order valence-corrected chi connectivity index (χ1v) is 4.95. The number of hydrogen-bond donors (Lipinski definition) is 2. The molecule has 15 heavy (non-hydrogen) atoms. The number of amides is 1. The summed E-state index contributed by atoms with van der Waals surface area (Å²) in [5.41, 5.74) is 6.72. The monoisotopic (exact) mass is 206 g/mol. The van der Waals surface area contributed by atoms with E-state index in [-0.39, 0.29) is 0 Å². The Morgan fingerprint density at radius 1 is 1.47 bits per heavy atom. The van der Waals surface area contributed by atoms with Gasteiger partial charge in [0, 0.05) is 12.0 Å². The number of carbonyl (C=O) groups is 1. The third-order valence-corrected chi connectivity index (χ3v) is 2.67. The molecule has 2 rings (SSSR count). The van der Waals surface area contributed by atoms with Gasteiger partial charge in [0.1, 0.15) is 5.60 Å². The molecule has 0 fully saturated rings. The zero-order valence-electron chi connectivity index (χ0n) is 8.62. The molecule has 0 aromatic heterocycles. The van der Waals surface area contributed by atoms with Gasteiger partial charge >= 0.3 is 6.09 Å². The third kappa shape index (κ3) is 1.68. The maximum atomic E-state index is 11.3. The van der Waals surface area contributed by atoms with Gasteiger partial charge in [0.15, 0.2) is 0 Å². The summed E-state index contributed by atoms with van der Waals surface area (Å²) < 4.78 is 5.31. The molecule has 3 N–H and O–H groups in total. The van der Waals surface area contributed by atoms with Crippen molar-refractivity contribution in [3.8, 4) is 0 Å². The van der Waals surface area contributed by atoms with E-state index >= 15 is 0 Å². The van der Waals surface area contributed by atoms with Crippen LogP contribution in [-0.2, 0) is 10.3 Å². The number of hydrogen-bond acceptors (Lipinski definition) is 3. The van der Waals surface area contributed by atoms with Crippen LogP contribution in [0.2, 0.25) is 0 Å². The molecule has 1 amide bonds. The molecule has 1 atom stereocenters. The van der Waals surface area contributed by atoms with Crippen LogP contribution in [0.1, 0.15) is 18.9 Å². The Bertz CT molecular complexity index is 392. The molecule has 1 aromatic carbocycles. The SMILES string of the molecule is CC1(CCN)OC(=O)Nc2ccccc21. The van der Waals surface area contributed by atoms with Crippen molar-refractivity contribution >= 4 is 11.8 Å². The number of carbonyl (C=O) groups excluding carboxylic acids is 1. The van der Waals surface area contributed by atoms with Crippen LogP contribution in [-0.4, -0.2) is 12.6 Å². The highest BCUT2D eigenvalue weighted by molar-refractivity contribution is 5.88. The van der Waals surface area contributed by atoms with Gasteiger partial charge in [-0.3, -0.25) is 5.32 Å². The van der Waals surface area contributed by atoms with Crippen molar-refractivity contribution < 1.29 is 9.53 Å². The van der Waals surface area contributed by atoms with Crippen LogP contribution in [0, 0.1) is 0 Å². The van der Waals surface area contributed by atoms with Crippen molar-refractivity contribution in [2.24, 2.45) is 5.73 Å². The topological polar surface area (TPSA) is 64.3 Å². The van der Waals surface area contributed by atoms with Crippen LogP contribution in [0.4, 0.5) is 10.5 Å². The lowest BCUT2D eigenvalue weighted by molar-refractivity contribution is 0.0217. The minimum Gasteiger partial charge on any atom is -0.438 e. The zero-order chi connectivity index (χ0) is 10.9. The Balaban J connectivity index is 2.46. The molecule has 1 heterocycles. The minimum absolute atomic E-state index is 0.412. The first-order chi connectivity index (χ1) is 7.15. The van der Waals surface area contributed by atoms with Gasteiger partial charge in [-0.25, -0.2) is 4.79 Å². The van der Waals surface area contributed by atoms with Gasteiger partial charge in [0.05, 0.1) is 5.69 Å². The normalized spacial score (nSPS) is 24.0. The van der Waals surface area contributed by atoms with Crippen molar-refractivity contribution in [2.45, 2.75) is 18.9 Å². The molecule has 0 bridgehead atoms. The largest absolute Gasteiger partial charge is 0.438 e. The zero-order valence-corrected chi connectivity index (χ0v) is 8.62. The van der Waals surface area contributed by atoms with Gasteiger partial charge in [-0.2, -0.15) is 0 Å². The summed E-state index contributed by atoms with van der Waals surface area (Å²) in [5, 5.41) is 2.67. The first-order valence-electron chi connectivity index (χ1n) is 4.95. The molecule has 1 unspecified atom stereocenters. The highest BCUT2D eigenvalue weighted by Crippen LogP contribution is 2.37. The lowest BCUT2D eigenvalue weighted by atomic mass is 9.90. The van der Waals surface area contributed by atoms with Crippen LogP contribution in [0.5, 0.6) is 0 Å². The van der Waals surface area contributed by atoms with E-state index in [0.717, 1.165) is 11.3 Å². The Hall–Kier alpha value is -1.55. The summed E-state index contributed by atoms with van der Waals surface area (Å²) in [6, 6.07) is 7.62. The standard InChI is InChI=1S/C11H14N2O2/c1-11(6-7-12)8-4-2-3-5-9(8)13-10(14)15-11/h2-5H,6-7,12H2,1H3,(H,13,14). The summed E-state index contributed by atoms with van der Waals surface area (Å²) >= 11 is 0. The smallest absolute Gasteiger partial charge is 0.412 e. The summed E-state index contributed by atoms with van der Waals surface area (Å²) in [7, 11) is 0. The van der Waals surface area contributed by atoms with Gasteiger partial charge in [-0.1, -0.05) is 18.2 Å². The molecular weight excluding hydrogens is 192 g/mol. The van der Waals surface area contributed by atoms with Gasteiger partial charge in [-0.05, 0) is 19.5 Å². The molecule has 4 heteroatoms. The summed E-state index contributed by atoms with van der Waals surface area (Å²) in [5.74, 6) is 0. The maximum absolute atomic E-state index is 11.3. The van der Waals surface area contributed by atoms with E-state index < -0.39 is 11.7 Å². The first kappa shape index (κ1) is 9.98. The number of fused-ring (bicyclic) bond motifs is 1. The highest BCUT2D eigenvalue weighted by Gasteiger charge is 2.36. The second-order valence-corrected chi connectivity index (χ2v) is 3.83. The van der Waals surface area contributed by atoms with Crippen molar-refractivity contribution in [1.29, 1.82) is 0 Å². The van der Waals surface area contributed by atoms with E-state index in [2.05, 4.69) is 5.32 Å². The number of benzene rings is 1. The van der Waals surface area contributed by atoms with Crippen molar-refractivity contribution in [2.75, 3.05) is 11.9 Å². The Morgan fingerprint density at radius 2 is 2.20 bits per heavy atom. The minimum atomic E-state index is -0.603. The lowest BCUT2D eigenvalue weighted by Crippen LogP contribution is -2.38. The number of cyclic esters (lactones) is 1. The third-order valence-electron chi connectivity index (χ3n) is 2.67. The van der Waals surface area contributed by atoms with Crippen molar-refractivity contribution in [3.63, 3.8) is 0 Å². The van der Waals surface area contributed by atoms with E-state index in [0.29, 0.717) is 13.0 Å². The Kier molecular flexibility index (Phi) is 2.36. The van der Waals surface area contributed by atoms with E-state index in [1.54, 1.807) is 0 Å². The second-order valence-electron chi connectivity index (χ2n) is 3.83. The number of nitrogens with two attached hydrogens (primary N) is 1. The molecule has 0 saturated carbocycles. The molecule has 4 nitrogen and oxygen atoms in total. The fourth-order valence-electron chi connectivity index (χ4n) is 1.91. The average molecular weight is 206 g/mol. The van der Waals surface area contributed by atoms with E-state index in [1.165, 1.54) is 0 Å². The highest BCUT2D eigenvalue weighted by atomic mass is 16.6. The van der Waals surface area contributed by atoms with Crippen LogP contribution >= 0.6 is 0 Å². The van der Waals surface area contributed by atoms with Crippen molar-refractivity contribution in [1.82, 2.24) is 0 Å². The van der Waals surface area contributed by atoms with Gasteiger partial charge < -0.3 is 10.5 Å². The van der Waals surface area contributed by atoms with Crippen LogP contribution < -0.4 is 11.1 Å². The summed E-state index contributed by atoms with van der Waals surface area (Å²) in [4.78, 5) is 11.3. The summed E-state index contributed by atoms with van der Waals surface area (Å²) in [6.45, 7) is 2.37. The Labute approximate surface area is 88.4 Å². The molecule has 1 aliphatic rings. The molecule has 80 valence electrons. The maximum Gasteiger partial charge on any atom is 0.412 e. The number of para-hydroxylation sites is 1. The molecular formula is C11H14N2O2. The van der Waals surface area contributed by atoms with E-state index in [9.17, 15) is 4.79 Å². The predicted octanol–water partition coefficient (Wildman–Crippen LogP) is 1.81. The fourth-order valence-corrected chi connectivity index (χ4v) is 1.91. The quantitative estimate of drug-likeness (QED) is 0.775. The van der Waals surface area contributed by atoms with Gasteiger partial charge in [0.25, 0.3) is 0 Å². The molecule has 0 saturated heterocycles. The number of anilines is 1. The lowest BCUT2D eigenvalue weighted by Gasteiger charge is -2.35. The van der Waals surface area contributed by atoms with Gasteiger partial charge in [-0.15, -0.1) is 0 Å². The molecule has 0 radical (unpaired) electrons. The molecule has 1 aromatic rings. The van der Waals surface area contributed by atoms with Crippen LogP contribution in [0.3, 0.4) is 0 Å².